The third-order valence-electron chi connectivity index (χ3n) is 3.66. The Bertz CT molecular complexity index is 823. The highest BCUT2D eigenvalue weighted by atomic mass is 35.5. The molecule has 0 aromatic heterocycles. The summed E-state index contributed by atoms with van der Waals surface area (Å²) in [6, 6.07) is 9.48. The zero-order valence-electron chi connectivity index (χ0n) is 13.1. The lowest BCUT2D eigenvalue weighted by atomic mass is 10.2. The summed E-state index contributed by atoms with van der Waals surface area (Å²) >= 11 is 4.68. The van der Waals surface area contributed by atoms with Gasteiger partial charge in [0, 0.05) is 17.3 Å². The van der Waals surface area contributed by atoms with Gasteiger partial charge < -0.3 is 10.1 Å². The largest absolute Gasteiger partial charge is 0.487 e. The first-order chi connectivity index (χ1) is 12.2. The van der Waals surface area contributed by atoms with Gasteiger partial charge in [0.2, 0.25) is 5.91 Å². The lowest BCUT2D eigenvalue weighted by molar-refractivity contribution is -0.121. The van der Waals surface area contributed by atoms with Gasteiger partial charge in [0.25, 0.3) is 5.91 Å². The van der Waals surface area contributed by atoms with E-state index in [2.05, 4.69) is 21.7 Å². The molecule has 0 bridgehead atoms. The fourth-order valence-electron chi connectivity index (χ4n) is 2.56. The van der Waals surface area contributed by atoms with Crippen molar-refractivity contribution in [3.8, 4) is 5.75 Å². The van der Waals surface area contributed by atoms with Crippen molar-refractivity contribution in [2.75, 3.05) is 10.2 Å². The quantitative estimate of drug-likeness (QED) is 0.630. The Labute approximate surface area is 151 Å². The molecular weight excluding hydrogens is 373 g/mol. The number of hydrogen-bond donors (Lipinski definition) is 1. The normalized spacial score (nSPS) is 17.5. The lowest BCUT2D eigenvalue weighted by Gasteiger charge is -2.16. The van der Waals surface area contributed by atoms with Gasteiger partial charge in [0.05, 0.1) is 12.1 Å². The van der Waals surface area contributed by atoms with Gasteiger partial charge in [-0.15, -0.1) is 8.78 Å². The van der Waals surface area contributed by atoms with Crippen LogP contribution in [0.4, 0.5) is 24.5 Å². The molecule has 0 saturated carbocycles. The summed E-state index contributed by atoms with van der Waals surface area (Å²) in [5.41, 5.74) is -3.11. The molecule has 3 rings (SSSR count). The molecule has 2 amide bonds. The van der Waals surface area contributed by atoms with E-state index in [4.69, 9.17) is 0 Å². The van der Waals surface area contributed by atoms with E-state index in [1.807, 2.05) is 0 Å². The second kappa shape index (κ2) is 6.87. The number of benzene rings is 2. The molecule has 26 heavy (non-hydrogen) atoms. The van der Waals surface area contributed by atoms with Gasteiger partial charge in [0.1, 0.15) is 17.6 Å². The van der Waals surface area contributed by atoms with Crippen LogP contribution < -0.4 is 15.0 Å². The maximum absolute atomic E-state index is 13.0. The van der Waals surface area contributed by atoms with Crippen molar-refractivity contribution >= 4 is 34.8 Å². The summed E-state index contributed by atoms with van der Waals surface area (Å²) < 4.78 is 42.3. The molecule has 1 atom stereocenters. The number of rotatable bonds is 5. The van der Waals surface area contributed by atoms with E-state index >= 15 is 0 Å². The van der Waals surface area contributed by atoms with E-state index in [1.165, 1.54) is 36.4 Å². The number of anilines is 2. The predicted molar refractivity (Wildman–Crippen MR) is 88.8 cm³/mol. The molecule has 2 aromatic rings. The second-order valence-corrected chi connectivity index (χ2v) is 5.96. The Balaban J connectivity index is 1.70. The third-order valence-corrected chi connectivity index (χ3v) is 3.74. The fourth-order valence-corrected chi connectivity index (χ4v) is 2.65. The minimum atomic E-state index is -3.82. The summed E-state index contributed by atoms with van der Waals surface area (Å²) in [4.78, 5) is 25.6. The average Bonchev–Trinajstić information content (AvgIpc) is 2.83. The number of halogens is 4. The Kier molecular flexibility index (Phi) is 4.78. The van der Waals surface area contributed by atoms with Crippen molar-refractivity contribution < 1.29 is 27.5 Å². The third kappa shape index (κ3) is 4.08. The van der Waals surface area contributed by atoms with Crippen molar-refractivity contribution in [1.82, 2.24) is 0 Å². The minimum absolute atomic E-state index is 0.0891. The van der Waals surface area contributed by atoms with Crippen LogP contribution in [0, 0.1) is 5.82 Å². The van der Waals surface area contributed by atoms with E-state index in [0.717, 1.165) is 17.0 Å². The van der Waals surface area contributed by atoms with Crippen LogP contribution in [-0.2, 0) is 9.59 Å². The molecule has 1 heterocycles. The molecule has 5 nitrogen and oxygen atoms in total. The number of carbonyl (C=O) groups excluding carboxylic acids is 2. The molecule has 9 heteroatoms. The Morgan fingerprint density at radius 3 is 2.27 bits per heavy atom. The predicted octanol–water partition coefficient (Wildman–Crippen LogP) is 3.74. The highest BCUT2D eigenvalue weighted by Gasteiger charge is 2.39. The maximum atomic E-state index is 13.0. The van der Waals surface area contributed by atoms with Crippen LogP contribution in [-0.4, -0.2) is 23.4 Å². The molecule has 0 aliphatic carbocycles. The first-order valence-electron chi connectivity index (χ1n) is 7.48. The van der Waals surface area contributed by atoms with Crippen molar-refractivity contribution in [3.05, 3.63) is 54.3 Å². The van der Waals surface area contributed by atoms with Crippen LogP contribution >= 0.6 is 11.6 Å². The first kappa shape index (κ1) is 18.1. The standard InChI is InChI=1S/C17H12ClF3N2O3/c18-17(20,21)26-13-7-3-11(4-8-13)22-14-9-15(24)23(16(14)25)12-5-1-10(19)2-6-12/h1-8,14,22H,9H2. The van der Waals surface area contributed by atoms with Crippen molar-refractivity contribution in [3.63, 3.8) is 0 Å². The van der Waals surface area contributed by atoms with Gasteiger partial charge >= 0.3 is 5.57 Å². The number of carbonyl (C=O) groups is 2. The Hall–Kier alpha value is -2.74. The number of imide groups is 1. The molecule has 0 spiro atoms. The van der Waals surface area contributed by atoms with Gasteiger partial charge in [0.15, 0.2) is 0 Å². The molecule has 1 fully saturated rings. The average molecular weight is 385 g/mol. The summed E-state index contributed by atoms with van der Waals surface area (Å²) in [5.74, 6) is -1.56. The van der Waals surface area contributed by atoms with E-state index in [9.17, 15) is 22.8 Å². The van der Waals surface area contributed by atoms with Crippen LogP contribution in [0.25, 0.3) is 0 Å². The van der Waals surface area contributed by atoms with E-state index < -0.39 is 29.2 Å². The van der Waals surface area contributed by atoms with Crippen molar-refractivity contribution in [2.24, 2.45) is 0 Å². The minimum Gasteiger partial charge on any atom is -0.420 e. The van der Waals surface area contributed by atoms with Gasteiger partial charge in [-0.05, 0) is 48.5 Å². The van der Waals surface area contributed by atoms with E-state index in [0.29, 0.717) is 5.69 Å². The Morgan fingerprint density at radius 1 is 1.08 bits per heavy atom. The molecular formula is C17H12ClF3N2O3. The van der Waals surface area contributed by atoms with Gasteiger partial charge in [-0.25, -0.2) is 9.29 Å². The Morgan fingerprint density at radius 2 is 1.69 bits per heavy atom. The monoisotopic (exact) mass is 384 g/mol. The van der Waals surface area contributed by atoms with Crippen molar-refractivity contribution in [2.45, 2.75) is 18.0 Å². The zero-order chi connectivity index (χ0) is 18.9. The topological polar surface area (TPSA) is 58.6 Å². The SMILES string of the molecule is O=C1CC(Nc2ccc(OC(F)(F)Cl)cc2)C(=O)N1c1ccc(F)cc1. The van der Waals surface area contributed by atoms with Crippen LogP contribution in [0.3, 0.4) is 0 Å². The molecule has 1 saturated heterocycles. The van der Waals surface area contributed by atoms with E-state index in [-0.39, 0.29) is 17.9 Å². The number of hydrogen-bond acceptors (Lipinski definition) is 4. The molecule has 1 unspecified atom stereocenters. The van der Waals surface area contributed by atoms with Gasteiger partial charge in [-0.2, -0.15) is 0 Å². The summed E-state index contributed by atoms with van der Waals surface area (Å²) in [6.07, 6.45) is -0.0891. The highest BCUT2D eigenvalue weighted by molar-refractivity contribution is 6.23. The molecule has 136 valence electrons. The fraction of sp³-hybridized carbons (Fsp3) is 0.176. The van der Waals surface area contributed by atoms with Gasteiger partial charge in [-0.1, -0.05) is 0 Å². The molecule has 1 aliphatic rings. The summed E-state index contributed by atoms with van der Waals surface area (Å²) in [6.45, 7) is 0. The lowest BCUT2D eigenvalue weighted by Crippen LogP contribution is -2.34. The number of amides is 2. The van der Waals surface area contributed by atoms with Crippen LogP contribution in [0.2, 0.25) is 0 Å². The summed E-state index contributed by atoms with van der Waals surface area (Å²) in [5, 5.41) is 2.86. The van der Waals surface area contributed by atoms with Crippen molar-refractivity contribution in [1.29, 1.82) is 0 Å². The maximum Gasteiger partial charge on any atom is 0.487 e. The highest BCUT2D eigenvalue weighted by Crippen LogP contribution is 2.28. The second-order valence-electron chi connectivity index (χ2n) is 5.52. The molecule has 0 radical (unpaired) electrons. The number of ether oxygens (including phenoxy) is 1. The van der Waals surface area contributed by atoms with Crippen LogP contribution in [0.15, 0.2) is 48.5 Å². The number of nitrogens with zero attached hydrogens (tertiary/aromatic N) is 1. The number of nitrogens with one attached hydrogen (secondary N) is 1. The smallest absolute Gasteiger partial charge is 0.420 e. The first-order valence-corrected chi connectivity index (χ1v) is 7.85. The molecule has 2 aromatic carbocycles. The zero-order valence-corrected chi connectivity index (χ0v) is 13.8. The van der Waals surface area contributed by atoms with Gasteiger partial charge in [-0.3, -0.25) is 9.59 Å². The van der Waals surface area contributed by atoms with Crippen LogP contribution in [0.5, 0.6) is 5.75 Å². The summed E-state index contributed by atoms with van der Waals surface area (Å²) in [7, 11) is 0. The molecule has 1 N–H and O–H groups in total. The van der Waals surface area contributed by atoms with Crippen LogP contribution in [0.1, 0.15) is 6.42 Å². The number of alkyl halides is 3. The van der Waals surface area contributed by atoms with E-state index in [1.54, 1.807) is 0 Å². The molecule has 1 aliphatic heterocycles.